The first kappa shape index (κ1) is 24.5. The lowest BCUT2D eigenvalue weighted by molar-refractivity contribution is 0.400. The van der Waals surface area contributed by atoms with Gasteiger partial charge in [-0.15, -0.1) is 0 Å². The van der Waals surface area contributed by atoms with E-state index < -0.39 is 0 Å². The maximum Gasteiger partial charge on any atom is 0.184 e. The largest absolute Gasteiger partial charge is 0.484 e. The third-order valence-corrected chi connectivity index (χ3v) is 5.35. The van der Waals surface area contributed by atoms with Crippen molar-refractivity contribution in [2.24, 2.45) is 9.98 Å². The molecule has 0 spiro atoms. The zero-order chi connectivity index (χ0) is 25.3. The molecule has 0 atom stereocenters. The Balaban J connectivity index is 1.36. The van der Waals surface area contributed by atoms with Crippen molar-refractivity contribution in [2.45, 2.75) is 13.8 Å². The maximum absolute atomic E-state index is 5.96. The quantitative estimate of drug-likeness (QED) is 0.197. The lowest BCUT2D eigenvalue weighted by atomic mass is 10.1. The van der Waals surface area contributed by atoms with Gasteiger partial charge in [0.15, 0.2) is 11.8 Å². The van der Waals surface area contributed by atoms with Gasteiger partial charge in [0.2, 0.25) is 0 Å². The first-order valence-corrected chi connectivity index (χ1v) is 11.5. The molecule has 4 aromatic rings. The molecule has 182 valence electrons. The SMILES string of the molecule is CO/C(C)=N\c1ccc(Oc2ccc(-c3ccc(Oc4ccc(/N=C(/C)OC)cc4)cc3)cc2)cc1. The van der Waals surface area contributed by atoms with Crippen molar-refractivity contribution in [1.82, 2.24) is 0 Å². The van der Waals surface area contributed by atoms with Gasteiger partial charge in [-0.25, -0.2) is 9.98 Å². The molecule has 36 heavy (non-hydrogen) atoms. The van der Waals surface area contributed by atoms with Crippen LogP contribution in [0.2, 0.25) is 0 Å². The van der Waals surface area contributed by atoms with E-state index in [-0.39, 0.29) is 0 Å². The van der Waals surface area contributed by atoms with Crippen LogP contribution in [-0.4, -0.2) is 26.0 Å². The van der Waals surface area contributed by atoms with Crippen LogP contribution < -0.4 is 9.47 Å². The molecule has 0 aliphatic carbocycles. The van der Waals surface area contributed by atoms with E-state index in [1.54, 1.807) is 14.2 Å². The van der Waals surface area contributed by atoms with Gasteiger partial charge in [-0.3, -0.25) is 0 Å². The zero-order valence-corrected chi connectivity index (χ0v) is 20.8. The van der Waals surface area contributed by atoms with Gasteiger partial charge in [0.1, 0.15) is 23.0 Å². The molecule has 0 saturated heterocycles. The van der Waals surface area contributed by atoms with Crippen LogP contribution in [0.5, 0.6) is 23.0 Å². The lowest BCUT2D eigenvalue weighted by Gasteiger charge is -2.09. The van der Waals surface area contributed by atoms with Crippen molar-refractivity contribution in [3.63, 3.8) is 0 Å². The second-order valence-electron chi connectivity index (χ2n) is 7.91. The van der Waals surface area contributed by atoms with Crippen LogP contribution in [0.15, 0.2) is 107 Å². The normalized spacial score (nSPS) is 11.7. The van der Waals surface area contributed by atoms with Crippen LogP contribution in [0, 0.1) is 0 Å². The number of hydrogen-bond donors (Lipinski definition) is 0. The molecule has 0 radical (unpaired) electrons. The molecule has 4 rings (SSSR count). The van der Waals surface area contributed by atoms with E-state index >= 15 is 0 Å². The molecule has 0 heterocycles. The summed E-state index contributed by atoms with van der Waals surface area (Å²) in [6.45, 7) is 3.62. The van der Waals surface area contributed by atoms with Crippen LogP contribution in [0.4, 0.5) is 11.4 Å². The van der Waals surface area contributed by atoms with Crippen molar-refractivity contribution in [2.75, 3.05) is 14.2 Å². The molecule has 0 bridgehead atoms. The molecule has 4 aromatic carbocycles. The number of aliphatic imine (C=N–C) groups is 2. The van der Waals surface area contributed by atoms with Gasteiger partial charge in [0.05, 0.1) is 25.6 Å². The fraction of sp³-hybridized carbons (Fsp3) is 0.133. The van der Waals surface area contributed by atoms with E-state index in [0.717, 1.165) is 45.5 Å². The van der Waals surface area contributed by atoms with Crippen molar-refractivity contribution >= 4 is 23.2 Å². The maximum atomic E-state index is 5.96. The van der Waals surface area contributed by atoms with E-state index in [2.05, 4.69) is 9.98 Å². The fourth-order valence-electron chi connectivity index (χ4n) is 3.34. The van der Waals surface area contributed by atoms with Gasteiger partial charge in [-0.05, 0) is 83.9 Å². The molecule has 0 N–H and O–H groups in total. The van der Waals surface area contributed by atoms with Gasteiger partial charge in [-0.1, -0.05) is 24.3 Å². The first-order chi connectivity index (χ1) is 17.5. The molecule has 0 aliphatic rings. The van der Waals surface area contributed by atoms with E-state index in [1.165, 1.54) is 0 Å². The number of nitrogens with zero attached hydrogens (tertiary/aromatic N) is 2. The molecule has 0 saturated carbocycles. The van der Waals surface area contributed by atoms with Crippen LogP contribution >= 0.6 is 0 Å². The van der Waals surface area contributed by atoms with E-state index in [0.29, 0.717) is 11.8 Å². The Kier molecular flexibility index (Phi) is 7.98. The van der Waals surface area contributed by atoms with Gasteiger partial charge < -0.3 is 18.9 Å². The second kappa shape index (κ2) is 11.7. The smallest absolute Gasteiger partial charge is 0.184 e. The first-order valence-electron chi connectivity index (χ1n) is 11.5. The van der Waals surface area contributed by atoms with Crippen molar-refractivity contribution in [1.29, 1.82) is 0 Å². The number of methoxy groups -OCH3 is 2. The van der Waals surface area contributed by atoms with Gasteiger partial charge in [0.25, 0.3) is 0 Å². The Morgan fingerprint density at radius 3 is 1.00 bits per heavy atom. The third kappa shape index (κ3) is 6.73. The number of benzene rings is 4. The highest BCUT2D eigenvalue weighted by Gasteiger charge is 2.03. The second-order valence-corrected chi connectivity index (χ2v) is 7.91. The summed E-state index contributed by atoms with van der Waals surface area (Å²) in [5, 5.41) is 0. The number of ether oxygens (including phenoxy) is 4. The van der Waals surface area contributed by atoms with Crippen LogP contribution in [0.25, 0.3) is 11.1 Å². The average molecular weight is 481 g/mol. The average Bonchev–Trinajstić information content (AvgIpc) is 2.91. The molecular weight excluding hydrogens is 452 g/mol. The van der Waals surface area contributed by atoms with Crippen molar-refractivity contribution in [3.05, 3.63) is 97.1 Å². The van der Waals surface area contributed by atoms with Crippen molar-refractivity contribution < 1.29 is 18.9 Å². The predicted octanol–water partition coefficient (Wildman–Crippen LogP) is 8.33. The molecule has 0 amide bonds. The molecule has 0 aliphatic heterocycles. The van der Waals surface area contributed by atoms with Crippen LogP contribution in [0.3, 0.4) is 0 Å². The highest BCUT2D eigenvalue weighted by atomic mass is 16.5. The standard InChI is InChI=1S/C30H28N2O4/c1-21(33-3)31-25-9-17-29(18-10-25)35-27-13-5-23(6-14-27)24-7-15-28(16-8-24)36-30-19-11-26(12-20-30)32-22(2)34-4/h5-20H,1-4H3/b31-21-,32-22-. The fourth-order valence-corrected chi connectivity index (χ4v) is 3.34. The molecule has 6 nitrogen and oxygen atoms in total. The Hall–Kier alpha value is -4.58. The van der Waals surface area contributed by atoms with Crippen LogP contribution in [-0.2, 0) is 9.47 Å². The molecular formula is C30H28N2O4. The Morgan fingerprint density at radius 2 is 0.722 bits per heavy atom. The summed E-state index contributed by atoms with van der Waals surface area (Å²) < 4.78 is 22.1. The van der Waals surface area contributed by atoms with Crippen molar-refractivity contribution in [3.8, 4) is 34.1 Å². The molecule has 0 fully saturated rings. The van der Waals surface area contributed by atoms with Crippen LogP contribution in [0.1, 0.15) is 13.8 Å². The molecule has 0 unspecified atom stereocenters. The molecule has 6 heteroatoms. The Labute approximate surface area is 211 Å². The monoisotopic (exact) mass is 480 g/mol. The van der Waals surface area contributed by atoms with E-state index in [1.807, 2.05) is 111 Å². The minimum Gasteiger partial charge on any atom is -0.484 e. The third-order valence-electron chi connectivity index (χ3n) is 5.35. The minimum atomic E-state index is 0.608. The highest BCUT2D eigenvalue weighted by molar-refractivity contribution is 5.77. The summed E-state index contributed by atoms with van der Waals surface area (Å²) in [6, 6.07) is 31.1. The summed E-state index contributed by atoms with van der Waals surface area (Å²) in [5.41, 5.74) is 3.80. The lowest BCUT2D eigenvalue weighted by Crippen LogP contribution is -1.91. The summed E-state index contributed by atoms with van der Waals surface area (Å²) in [5.74, 6) is 4.22. The number of hydrogen-bond acceptors (Lipinski definition) is 6. The topological polar surface area (TPSA) is 61.6 Å². The Bertz CT molecular complexity index is 1220. The summed E-state index contributed by atoms with van der Waals surface area (Å²) >= 11 is 0. The zero-order valence-electron chi connectivity index (χ0n) is 20.8. The highest BCUT2D eigenvalue weighted by Crippen LogP contribution is 2.30. The van der Waals surface area contributed by atoms with Gasteiger partial charge in [0, 0.05) is 13.8 Å². The Morgan fingerprint density at radius 1 is 0.444 bits per heavy atom. The van der Waals surface area contributed by atoms with E-state index in [9.17, 15) is 0 Å². The molecule has 0 aromatic heterocycles. The summed E-state index contributed by atoms with van der Waals surface area (Å²) in [6.07, 6.45) is 0. The predicted molar refractivity (Wildman–Crippen MR) is 144 cm³/mol. The summed E-state index contributed by atoms with van der Waals surface area (Å²) in [7, 11) is 3.20. The number of rotatable bonds is 7. The van der Waals surface area contributed by atoms with E-state index in [4.69, 9.17) is 18.9 Å². The minimum absolute atomic E-state index is 0.608. The summed E-state index contributed by atoms with van der Waals surface area (Å²) in [4.78, 5) is 8.67. The van der Waals surface area contributed by atoms with Gasteiger partial charge in [-0.2, -0.15) is 0 Å². The van der Waals surface area contributed by atoms with Gasteiger partial charge >= 0.3 is 0 Å².